The van der Waals surface area contributed by atoms with Gasteiger partial charge in [0.1, 0.15) is 0 Å². The van der Waals surface area contributed by atoms with Crippen LogP contribution in [0.4, 0.5) is 0 Å². The van der Waals surface area contributed by atoms with E-state index >= 15 is 0 Å². The zero-order chi connectivity index (χ0) is 8.81. The van der Waals surface area contributed by atoms with Gasteiger partial charge in [0.2, 0.25) is 0 Å². The molecular weight excluding hydrogens is 146 g/mol. The minimum Gasteiger partial charge on any atom is -0.316 e. The zero-order valence-electron chi connectivity index (χ0n) is 7.51. The monoisotopic (exact) mass is 161 g/mol. The molecular formula is C11H15N. The molecule has 1 aromatic carbocycles. The van der Waals surface area contributed by atoms with Crippen LogP contribution in [0.15, 0.2) is 36.9 Å². The van der Waals surface area contributed by atoms with Gasteiger partial charge < -0.3 is 5.32 Å². The van der Waals surface area contributed by atoms with Gasteiger partial charge >= 0.3 is 0 Å². The van der Waals surface area contributed by atoms with Gasteiger partial charge in [0.05, 0.1) is 0 Å². The van der Waals surface area contributed by atoms with Crippen LogP contribution in [0, 0.1) is 0 Å². The highest BCUT2D eigenvalue weighted by atomic mass is 14.8. The minimum atomic E-state index is 0.939. The fourth-order valence-electron chi connectivity index (χ4n) is 1.16. The van der Waals surface area contributed by atoms with E-state index in [2.05, 4.69) is 36.2 Å². The summed E-state index contributed by atoms with van der Waals surface area (Å²) in [6.07, 6.45) is 2.88. The van der Waals surface area contributed by atoms with Gasteiger partial charge in [-0.2, -0.15) is 0 Å². The van der Waals surface area contributed by atoms with Crippen LogP contribution in [-0.4, -0.2) is 7.05 Å². The topological polar surface area (TPSA) is 12.0 Å². The lowest BCUT2D eigenvalue weighted by Crippen LogP contribution is -2.04. The molecule has 0 aliphatic rings. The van der Waals surface area contributed by atoms with E-state index in [4.69, 9.17) is 0 Å². The van der Waals surface area contributed by atoms with Crippen molar-refractivity contribution >= 4 is 0 Å². The van der Waals surface area contributed by atoms with Crippen LogP contribution in [-0.2, 0) is 13.0 Å². The number of nitrogens with one attached hydrogen (secondary N) is 1. The quantitative estimate of drug-likeness (QED) is 0.667. The highest BCUT2D eigenvalue weighted by Gasteiger charge is 1.90. The molecule has 0 saturated heterocycles. The number of rotatable bonds is 4. The number of benzene rings is 1. The summed E-state index contributed by atoms with van der Waals surface area (Å²) >= 11 is 0. The third kappa shape index (κ3) is 2.51. The summed E-state index contributed by atoms with van der Waals surface area (Å²) in [7, 11) is 1.96. The second-order valence-corrected chi connectivity index (χ2v) is 2.84. The second kappa shape index (κ2) is 4.73. The fraction of sp³-hybridized carbons (Fsp3) is 0.273. The molecule has 0 fully saturated rings. The Labute approximate surface area is 74.1 Å². The Balaban J connectivity index is 2.64. The Kier molecular flexibility index (Phi) is 3.55. The normalized spacial score (nSPS) is 9.75. The van der Waals surface area contributed by atoms with Gasteiger partial charge in [0, 0.05) is 6.54 Å². The molecule has 0 bridgehead atoms. The molecule has 0 unspecified atom stereocenters. The van der Waals surface area contributed by atoms with Crippen molar-refractivity contribution < 1.29 is 0 Å². The lowest BCUT2D eigenvalue weighted by Gasteiger charge is -2.00. The van der Waals surface area contributed by atoms with E-state index in [-0.39, 0.29) is 0 Å². The molecule has 0 atom stereocenters. The summed E-state index contributed by atoms with van der Waals surface area (Å²) in [6, 6.07) is 8.59. The van der Waals surface area contributed by atoms with E-state index < -0.39 is 0 Å². The summed E-state index contributed by atoms with van der Waals surface area (Å²) < 4.78 is 0. The molecule has 1 aromatic rings. The Bertz CT molecular complexity index is 236. The lowest BCUT2D eigenvalue weighted by molar-refractivity contribution is 0.817. The molecule has 1 rings (SSSR count). The summed E-state index contributed by atoms with van der Waals surface area (Å²) in [6.45, 7) is 4.64. The van der Waals surface area contributed by atoms with Crippen LogP contribution in [0.2, 0.25) is 0 Å². The molecule has 1 N–H and O–H groups in total. The Morgan fingerprint density at radius 2 is 1.83 bits per heavy atom. The number of hydrogen-bond acceptors (Lipinski definition) is 1. The maximum absolute atomic E-state index is 3.70. The van der Waals surface area contributed by atoms with Crippen molar-refractivity contribution in [1.29, 1.82) is 0 Å². The standard InChI is InChI=1S/C11H15N/c1-3-4-10-5-7-11(8-6-10)9-12-2/h3,5-8,12H,1,4,9H2,2H3. The van der Waals surface area contributed by atoms with E-state index in [1.807, 2.05) is 13.1 Å². The van der Waals surface area contributed by atoms with E-state index in [1.54, 1.807) is 0 Å². The molecule has 0 radical (unpaired) electrons. The predicted octanol–water partition coefficient (Wildman–Crippen LogP) is 2.13. The average Bonchev–Trinajstić information content (AvgIpc) is 2.09. The smallest absolute Gasteiger partial charge is 0.0202 e. The molecule has 0 aliphatic carbocycles. The first-order valence-corrected chi connectivity index (χ1v) is 4.20. The van der Waals surface area contributed by atoms with E-state index in [0.717, 1.165) is 13.0 Å². The minimum absolute atomic E-state index is 0.939. The molecule has 0 aliphatic heterocycles. The molecule has 1 nitrogen and oxygen atoms in total. The molecule has 1 heteroatoms. The molecule has 0 aromatic heterocycles. The maximum Gasteiger partial charge on any atom is 0.0202 e. The van der Waals surface area contributed by atoms with Gasteiger partial charge in [-0.15, -0.1) is 6.58 Å². The maximum atomic E-state index is 3.70. The first kappa shape index (κ1) is 9.01. The zero-order valence-corrected chi connectivity index (χ0v) is 7.51. The summed E-state index contributed by atoms with van der Waals surface area (Å²) in [5, 5.41) is 3.12. The summed E-state index contributed by atoms with van der Waals surface area (Å²) in [5.41, 5.74) is 2.65. The molecule has 64 valence electrons. The Hall–Kier alpha value is -1.08. The van der Waals surface area contributed by atoms with Crippen molar-refractivity contribution in [3.63, 3.8) is 0 Å². The molecule has 0 spiro atoms. The third-order valence-electron chi connectivity index (χ3n) is 1.78. The van der Waals surface area contributed by atoms with E-state index in [9.17, 15) is 0 Å². The highest BCUT2D eigenvalue weighted by molar-refractivity contribution is 5.23. The average molecular weight is 161 g/mol. The van der Waals surface area contributed by atoms with Crippen LogP contribution in [0.3, 0.4) is 0 Å². The SMILES string of the molecule is C=CCc1ccc(CNC)cc1. The van der Waals surface area contributed by atoms with Crippen molar-refractivity contribution in [3.05, 3.63) is 48.0 Å². The Morgan fingerprint density at radius 1 is 1.25 bits per heavy atom. The predicted molar refractivity (Wildman–Crippen MR) is 53.1 cm³/mol. The van der Waals surface area contributed by atoms with Crippen LogP contribution >= 0.6 is 0 Å². The molecule has 12 heavy (non-hydrogen) atoms. The van der Waals surface area contributed by atoms with Crippen molar-refractivity contribution in [2.75, 3.05) is 7.05 Å². The van der Waals surface area contributed by atoms with Crippen LogP contribution in [0.25, 0.3) is 0 Å². The van der Waals surface area contributed by atoms with Crippen molar-refractivity contribution in [3.8, 4) is 0 Å². The number of allylic oxidation sites excluding steroid dienone is 1. The summed E-state index contributed by atoms with van der Waals surface area (Å²) in [4.78, 5) is 0. The first-order chi connectivity index (χ1) is 5.86. The van der Waals surface area contributed by atoms with Crippen molar-refractivity contribution in [2.24, 2.45) is 0 Å². The van der Waals surface area contributed by atoms with Gasteiger partial charge in [-0.25, -0.2) is 0 Å². The van der Waals surface area contributed by atoms with Crippen LogP contribution in [0.5, 0.6) is 0 Å². The van der Waals surface area contributed by atoms with E-state index in [1.165, 1.54) is 11.1 Å². The molecule has 0 saturated carbocycles. The Morgan fingerprint density at radius 3 is 2.33 bits per heavy atom. The lowest BCUT2D eigenvalue weighted by atomic mass is 10.1. The first-order valence-electron chi connectivity index (χ1n) is 4.20. The third-order valence-corrected chi connectivity index (χ3v) is 1.78. The molecule has 0 heterocycles. The van der Waals surface area contributed by atoms with Gasteiger partial charge in [-0.05, 0) is 24.6 Å². The van der Waals surface area contributed by atoms with Gasteiger partial charge in [-0.3, -0.25) is 0 Å². The fourth-order valence-corrected chi connectivity index (χ4v) is 1.16. The summed E-state index contributed by atoms with van der Waals surface area (Å²) in [5.74, 6) is 0. The van der Waals surface area contributed by atoms with Gasteiger partial charge in [0.15, 0.2) is 0 Å². The highest BCUT2D eigenvalue weighted by Crippen LogP contribution is 2.04. The van der Waals surface area contributed by atoms with Crippen LogP contribution in [0.1, 0.15) is 11.1 Å². The number of hydrogen-bond donors (Lipinski definition) is 1. The van der Waals surface area contributed by atoms with Crippen molar-refractivity contribution in [2.45, 2.75) is 13.0 Å². The van der Waals surface area contributed by atoms with Crippen molar-refractivity contribution in [1.82, 2.24) is 5.32 Å². The van der Waals surface area contributed by atoms with Crippen LogP contribution < -0.4 is 5.32 Å². The van der Waals surface area contributed by atoms with Gasteiger partial charge in [0.25, 0.3) is 0 Å². The molecule has 0 amide bonds. The van der Waals surface area contributed by atoms with Gasteiger partial charge in [-0.1, -0.05) is 30.3 Å². The second-order valence-electron chi connectivity index (χ2n) is 2.84. The van der Waals surface area contributed by atoms with E-state index in [0.29, 0.717) is 0 Å². The largest absolute Gasteiger partial charge is 0.316 e.